The molecule has 3 heteroatoms. The van der Waals surface area contributed by atoms with Crippen molar-refractivity contribution in [1.29, 1.82) is 0 Å². The first-order chi connectivity index (χ1) is 6.56. The van der Waals surface area contributed by atoms with E-state index in [9.17, 15) is 4.79 Å². The average Bonchev–Trinajstić information content (AvgIpc) is 2.48. The maximum absolute atomic E-state index is 11.4. The van der Waals surface area contributed by atoms with Crippen molar-refractivity contribution >= 4 is 6.09 Å². The monoisotopic (exact) mass is 199 g/mol. The molecule has 82 valence electrons. The molecule has 0 N–H and O–H groups in total. The van der Waals surface area contributed by atoms with E-state index in [2.05, 4.69) is 27.7 Å². The van der Waals surface area contributed by atoms with Crippen molar-refractivity contribution in [3.05, 3.63) is 0 Å². The van der Waals surface area contributed by atoms with E-state index in [1.54, 1.807) is 0 Å². The van der Waals surface area contributed by atoms with Gasteiger partial charge in [0.25, 0.3) is 0 Å². The molecule has 1 aliphatic rings. The molecule has 1 heterocycles. The number of amides is 1. The molecule has 0 aromatic carbocycles. The molecule has 0 spiro atoms. The largest absolute Gasteiger partial charge is 0.447 e. The lowest BCUT2D eigenvalue weighted by Gasteiger charge is -2.26. The molecule has 0 saturated carbocycles. The second-order valence-corrected chi connectivity index (χ2v) is 4.55. The van der Waals surface area contributed by atoms with Gasteiger partial charge in [-0.3, -0.25) is 0 Å². The molecule has 2 atom stereocenters. The molecule has 0 bridgehead atoms. The maximum atomic E-state index is 11.4. The van der Waals surface area contributed by atoms with E-state index in [0.717, 1.165) is 13.0 Å². The summed E-state index contributed by atoms with van der Waals surface area (Å²) >= 11 is 0. The first-order valence-corrected chi connectivity index (χ1v) is 5.49. The van der Waals surface area contributed by atoms with Gasteiger partial charge in [0.15, 0.2) is 0 Å². The van der Waals surface area contributed by atoms with E-state index in [4.69, 9.17) is 4.74 Å². The van der Waals surface area contributed by atoms with Gasteiger partial charge in [0.05, 0.1) is 6.04 Å². The highest BCUT2D eigenvalue weighted by Gasteiger charge is 2.35. The van der Waals surface area contributed by atoms with Gasteiger partial charge in [-0.1, -0.05) is 34.1 Å². The Morgan fingerprint density at radius 1 is 1.50 bits per heavy atom. The molecule has 3 nitrogen and oxygen atoms in total. The summed E-state index contributed by atoms with van der Waals surface area (Å²) in [5.41, 5.74) is 0. The number of ether oxygens (including phenoxy) is 1. The second kappa shape index (κ2) is 4.67. The van der Waals surface area contributed by atoms with Gasteiger partial charge in [0.2, 0.25) is 0 Å². The molecule has 1 rings (SSSR count). The number of hydrogen-bond donors (Lipinski definition) is 0. The van der Waals surface area contributed by atoms with Crippen molar-refractivity contribution in [2.24, 2.45) is 11.8 Å². The van der Waals surface area contributed by atoms with Gasteiger partial charge >= 0.3 is 6.09 Å². The van der Waals surface area contributed by atoms with E-state index in [-0.39, 0.29) is 12.1 Å². The molecule has 0 aromatic rings. The Kier molecular flexibility index (Phi) is 3.78. The Balaban J connectivity index is 2.58. The molecule has 1 amide bonds. The van der Waals surface area contributed by atoms with E-state index < -0.39 is 0 Å². The van der Waals surface area contributed by atoms with Crippen LogP contribution in [0, 0.1) is 11.8 Å². The zero-order chi connectivity index (χ0) is 10.7. The summed E-state index contributed by atoms with van der Waals surface area (Å²) in [7, 11) is 0. The van der Waals surface area contributed by atoms with Gasteiger partial charge in [-0.2, -0.15) is 0 Å². The molecular formula is C11H21NO2. The Hall–Kier alpha value is -0.730. The van der Waals surface area contributed by atoms with Crippen LogP contribution >= 0.6 is 0 Å². The first-order valence-electron chi connectivity index (χ1n) is 5.49. The van der Waals surface area contributed by atoms with Crippen LogP contribution in [0.2, 0.25) is 0 Å². The Morgan fingerprint density at radius 3 is 2.64 bits per heavy atom. The van der Waals surface area contributed by atoms with Crippen molar-refractivity contribution in [3.8, 4) is 0 Å². The Bertz CT molecular complexity index is 203. The number of cyclic esters (lactones) is 1. The van der Waals surface area contributed by atoms with E-state index in [0.29, 0.717) is 18.4 Å². The lowest BCUT2D eigenvalue weighted by atomic mass is 10.0. The molecule has 14 heavy (non-hydrogen) atoms. The highest BCUT2D eigenvalue weighted by atomic mass is 16.6. The topological polar surface area (TPSA) is 29.5 Å². The summed E-state index contributed by atoms with van der Waals surface area (Å²) in [6, 6.07) is 0.275. The van der Waals surface area contributed by atoms with Gasteiger partial charge in [0.1, 0.15) is 6.61 Å². The summed E-state index contributed by atoms with van der Waals surface area (Å²) in [5, 5.41) is 0. The highest BCUT2D eigenvalue weighted by molar-refractivity contribution is 5.70. The molecule has 0 aromatic heterocycles. The molecule has 1 saturated heterocycles. The zero-order valence-corrected chi connectivity index (χ0v) is 9.62. The number of rotatable bonds is 4. The summed E-state index contributed by atoms with van der Waals surface area (Å²) in [5.74, 6) is 1.03. The third kappa shape index (κ3) is 2.40. The van der Waals surface area contributed by atoms with Crippen molar-refractivity contribution in [3.63, 3.8) is 0 Å². The fourth-order valence-corrected chi connectivity index (χ4v) is 1.69. The maximum Gasteiger partial charge on any atom is 0.410 e. The van der Waals surface area contributed by atoms with Crippen molar-refractivity contribution in [2.75, 3.05) is 13.2 Å². The lowest BCUT2D eigenvalue weighted by Crippen LogP contribution is -2.39. The normalized spacial score (nSPS) is 24.2. The fraction of sp³-hybridized carbons (Fsp3) is 0.909. The third-order valence-corrected chi connectivity index (χ3v) is 2.99. The summed E-state index contributed by atoms with van der Waals surface area (Å²) in [6.07, 6.45) is 0.971. The number of carbonyl (C=O) groups excluding carboxylic acids is 1. The number of hydrogen-bond acceptors (Lipinski definition) is 2. The quantitative estimate of drug-likeness (QED) is 0.696. The van der Waals surface area contributed by atoms with Crippen molar-refractivity contribution in [1.82, 2.24) is 4.90 Å². The minimum absolute atomic E-state index is 0.135. The SMILES string of the molecule is CCC(C)CN1C(=O)OC[C@@H]1C(C)C. The number of nitrogens with zero attached hydrogens (tertiary/aromatic N) is 1. The van der Waals surface area contributed by atoms with E-state index in [1.165, 1.54) is 0 Å². The molecule has 0 aliphatic carbocycles. The standard InChI is InChI=1S/C11H21NO2/c1-5-9(4)6-12-10(8(2)3)7-14-11(12)13/h8-10H,5-7H2,1-4H3/t9?,10-/m1/s1. The van der Waals surface area contributed by atoms with Gasteiger partial charge in [-0.15, -0.1) is 0 Å². The van der Waals surface area contributed by atoms with Gasteiger partial charge in [0, 0.05) is 6.54 Å². The summed E-state index contributed by atoms with van der Waals surface area (Å²) < 4.78 is 5.07. The summed E-state index contributed by atoms with van der Waals surface area (Å²) in [4.78, 5) is 13.3. The third-order valence-electron chi connectivity index (χ3n) is 2.99. The van der Waals surface area contributed by atoms with Crippen LogP contribution in [0.5, 0.6) is 0 Å². The van der Waals surface area contributed by atoms with Crippen molar-refractivity contribution < 1.29 is 9.53 Å². The minimum atomic E-state index is -0.135. The minimum Gasteiger partial charge on any atom is -0.447 e. The van der Waals surface area contributed by atoms with Crippen molar-refractivity contribution in [2.45, 2.75) is 40.2 Å². The average molecular weight is 199 g/mol. The molecule has 0 radical (unpaired) electrons. The molecular weight excluding hydrogens is 178 g/mol. The van der Waals surface area contributed by atoms with Crippen LogP contribution in [0.3, 0.4) is 0 Å². The van der Waals surface area contributed by atoms with Crippen LogP contribution in [-0.2, 0) is 4.74 Å². The van der Waals surface area contributed by atoms with Crippen LogP contribution in [-0.4, -0.2) is 30.2 Å². The van der Waals surface area contributed by atoms with Gasteiger partial charge in [-0.25, -0.2) is 4.79 Å². The predicted molar refractivity (Wildman–Crippen MR) is 56.1 cm³/mol. The Labute approximate surface area is 86.4 Å². The van der Waals surface area contributed by atoms with Crippen LogP contribution in [0.1, 0.15) is 34.1 Å². The smallest absolute Gasteiger partial charge is 0.410 e. The second-order valence-electron chi connectivity index (χ2n) is 4.55. The predicted octanol–water partition coefficient (Wildman–Crippen LogP) is 2.51. The highest BCUT2D eigenvalue weighted by Crippen LogP contribution is 2.21. The van der Waals surface area contributed by atoms with Gasteiger partial charge < -0.3 is 9.64 Å². The molecule has 1 fully saturated rings. The number of carbonyl (C=O) groups is 1. The van der Waals surface area contributed by atoms with E-state index >= 15 is 0 Å². The zero-order valence-electron chi connectivity index (χ0n) is 9.62. The van der Waals surface area contributed by atoms with Crippen LogP contribution in [0.15, 0.2) is 0 Å². The lowest BCUT2D eigenvalue weighted by molar-refractivity contribution is 0.151. The van der Waals surface area contributed by atoms with E-state index in [1.807, 2.05) is 4.90 Å². The van der Waals surface area contributed by atoms with Crippen LogP contribution < -0.4 is 0 Å². The fourth-order valence-electron chi connectivity index (χ4n) is 1.69. The Morgan fingerprint density at radius 2 is 2.14 bits per heavy atom. The molecule has 1 aliphatic heterocycles. The van der Waals surface area contributed by atoms with Crippen LogP contribution in [0.25, 0.3) is 0 Å². The van der Waals surface area contributed by atoms with Gasteiger partial charge in [-0.05, 0) is 11.8 Å². The van der Waals surface area contributed by atoms with Crippen LogP contribution in [0.4, 0.5) is 4.79 Å². The first kappa shape index (κ1) is 11.3. The molecule has 1 unspecified atom stereocenters. The summed E-state index contributed by atoms with van der Waals surface area (Å²) in [6.45, 7) is 9.98.